The van der Waals surface area contributed by atoms with Crippen molar-refractivity contribution in [2.75, 3.05) is 6.61 Å². The number of aromatic nitrogens is 2. The molecule has 1 aromatic carbocycles. The average Bonchev–Trinajstić information content (AvgIpc) is 2.76. The van der Waals surface area contributed by atoms with Crippen LogP contribution in [0.25, 0.3) is 17.0 Å². The summed E-state index contributed by atoms with van der Waals surface area (Å²) in [5.41, 5.74) is 2.02. The van der Waals surface area contributed by atoms with E-state index in [9.17, 15) is 4.79 Å². The van der Waals surface area contributed by atoms with Gasteiger partial charge in [0.1, 0.15) is 0 Å². The van der Waals surface area contributed by atoms with Crippen LogP contribution in [0.15, 0.2) is 30.5 Å². The standard InChI is InChI=1S/C13H14N2O2/c1-2-17-13(16)5-3-4-10-6-7-11-9-14-15-12(11)8-10/h3-4,6-9H,2,5H2,1H3,(H,14,15). The molecular formula is C13H14N2O2. The molecule has 1 aromatic heterocycles. The van der Waals surface area contributed by atoms with E-state index in [-0.39, 0.29) is 5.97 Å². The van der Waals surface area contributed by atoms with Gasteiger partial charge in [-0.3, -0.25) is 9.89 Å². The smallest absolute Gasteiger partial charge is 0.309 e. The zero-order valence-electron chi connectivity index (χ0n) is 9.64. The van der Waals surface area contributed by atoms with E-state index in [4.69, 9.17) is 4.74 Å². The molecule has 0 aliphatic heterocycles. The Morgan fingerprint density at radius 3 is 3.24 bits per heavy atom. The van der Waals surface area contributed by atoms with Gasteiger partial charge in [-0.2, -0.15) is 5.10 Å². The van der Waals surface area contributed by atoms with E-state index < -0.39 is 0 Å². The molecule has 0 aliphatic carbocycles. The maximum absolute atomic E-state index is 11.1. The molecule has 0 amide bonds. The second kappa shape index (κ2) is 5.30. The van der Waals surface area contributed by atoms with Crippen molar-refractivity contribution in [2.45, 2.75) is 13.3 Å². The first-order chi connectivity index (χ1) is 8.29. The third kappa shape index (κ3) is 2.93. The molecule has 88 valence electrons. The van der Waals surface area contributed by atoms with Gasteiger partial charge in [0.15, 0.2) is 0 Å². The van der Waals surface area contributed by atoms with E-state index >= 15 is 0 Å². The van der Waals surface area contributed by atoms with Crippen molar-refractivity contribution in [1.29, 1.82) is 0 Å². The SMILES string of the molecule is CCOC(=O)CC=Cc1ccc2cn[nH]c2c1. The van der Waals surface area contributed by atoms with Gasteiger partial charge in [-0.15, -0.1) is 0 Å². The Balaban J connectivity index is 2.02. The number of fused-ring (bicyclic) bond motifs is 1. The molecule has 0 saturated carbocycles. The summed E-state index contributed by atoms with van der Waals surface area (Å²) in [7, 11) is 0. The summed E-state index contributed by atoms with van der Waals surface area (Å²) < 4.78 is 4.83. The Labute approximate surface area is 99.3 Å². The Hall–Kier alpha value is -2.10. The molecule has 2 rings (SSSR count). The lowest BCUT2D eigenvalue weighted by molar-refractivity contribution is -0.142. The van der Waals surface area contributed by atoms with E-state index in [1.54, 1.807) is 19.2 Å². The summed E-state index contributed by atoms with van der Waals surface area (Å²) in [5.74, 6) is -0.202. The van der Waals surface area contributed by atoms with Crippen LogP contribution in [0.1, 0.15) is 18.9 Å². The number of hydrogen-bond acceptors (Lipinski definition) is 3. The minimum absolute atomic E-state index is 0.202. The monoisotopic (exact) mass is 230 g/mol. The Morgan fingerprint density at radius 2 is 2.41 bits per heavy atom. The summed E-state index contributed by atoms with van der Waals surface area (Å²) in [5, 5.41) is 7.93. The zero-order chi connectivity index (χ0) is 12.1. The van der Waals surface area contributed by atoms with E-state index in [0.717, 1.165) is 16.5 Å². The second-order valence-corrected chi connectivity index (χ2v) is 3.63. The highest BCUT2D eigenvalue weighted by Gasteiger charge is 1.98. The maximum atomic E-state index is 11.1. The number of nitrogens with zero attached hydrogens (tertiary/aromatic N) is 1. The predicted octanol–water partition coefficient (Wildman–Crippen LogP) is 2.53. The number of hydrogen-bond donors (Lipinski definition) is 1. The van der Waals surface area contributed by atoms with Gasteiger partial charge >= 0.3 is 5.97 Å². The van der Waals surface area contributed by atoms with Gasteiger partial charge < -0.3 is 4.74 Å². The summed E-state index contributed by atoms with van der Waals surface area (Å²) in [6, 6.07) is 5.96. The number of aromatic amines is 1. The van der Waals surface area contributed by atoms with Crippen LogP contribution in [0.2, 0.25) is 0 Å². The molecule has 0 spiro atoms. The molecule has 0 unspecified atom stereocenters. The van der Waals surface area contributed by atoms with Gasteiger partial charge in [0, 0.05) is 5.39 Å². The molecule has 2 aromatic rings. The Morgan fingerprint density at radius 1 is 1.53 bits per heavy atom. The van der Waals surface area contributed by atoms with E-state index in [1.165, 1.54) is 0 Å². The number of H-pyrrole nitrogens is 1. The van der Waals surface area contributed by atoms with E-state index in [2.05, 4.69) is 10.2 Å². The summed E-state index contributed by atoms with van der Waals surface area (Å²) in [6.07, 6.45) is 5.78. The van der Waals surface area contributed by atoms with Crippen molar-refractivity contribution >= 4 is 22.9 Å². The Bertz CT molecular complexity index is 543. The first kappa shape index (κ1) is 11.4. The third-order valence-electron chi connectivity index (χ3n) is 2.37. The van der Waals surface area contributed by atoms with Crippen LogP contribution in [0, 0.1) is 0 Å². The third-order valence-corrected chi connectivity index (χ3v) is 2.37. The van der Waals surface area contributed by atoms with E-state index in [1.807, 2.05) is 24.3 Å². The minimum Gasteiger partial charge on any atom is -0.466 e. The second-order valence-electron chi connectivity index (χ2n) is 3.63. The number of esters is 1. The van der Waals surface area contributed by atoms with Gasteiger partial charge in [-0.1, -0.05) is 24.3 Å². The van der Waals surface area contributed by atoms with Gasteiger partial charge in [0.25, 0.3) is 0 Å². The fourth-order valence-corrected chi connectivity index (χ4v) is 1.57. The highest BCUT2D eigenvalue weighted by Crippen LogP contribution is 2.13. The highest BCUT2D eigenvalue weighted by atomic mass is 16.5. The number of rotatable bonds is 4. The van der Waals surface area contributed by atoms with Crippen molar-refractivity contribution in [3.05, 3.63) is 36.0 Å². The first-order valence-corrected chi connectivity index (χ1v) is 5.55. The molecule has 0 radical (unpaired) electrons. The first-order valence-electron chi connectivity index (χ1n) is 5.55. The number of nitrogens with one attached hydrogen (secondary N) is 1. The largest absolute Gasteiger partial charge is 0.466 e. The molecule has 0 aliphatic rings. The lowest BCUT2D eigenvalue weighted by Gasteiger charge is -1.97. The summed E-state index contributed by atoms with van der Waals surface area (Å²) >= 11 is 0. The van der Waals surface area contributed by atoms with Crippen LogP contribution in [0.4, 0.5) is 0 Å². The molecule has 4 heteroatoms. The van der Waals surface area contributed by atoms with Crippen molar-refractivity contribution in [3.63, 3.8) is 0 Å². The van der Waals surface area contributed by atoms with Gasteiger partial charge in [-0.25, -0.2) is 0 Å². The molecule has 4 nitrogen and oxygen atoms in total. The lowest BCUT2D eigenvalue weighted by Crippen LogP contribution is -2.01. The topological polar surface area (TPSA) is 55.0 Å². The summed E-state index contributed by atoms with van der Waals surface area (Å²) in [4.78, 5) is 11.1. The van der Waals surface area contributed by atoms with Gasteiger partial charge in [0.2, 0.25) is 0 Å². The van der Waals surface area contributed by atoms with Crippen LogP contribution >= 0.6 is 0 Å². The number of carbonyl (C=O) groups is 1. The zero-order valence-corrected chi connectivity index (χ0v) is 9.64. The van der Waals surface area contributed by atoms with Gasteiger partial charge in [0.05, 0.1) is 24.7 Å². The number of benzene rings is 1. The maximum Gasteiger partial charge on any atom is 0.309 e. The van der Waals surface area contributed by atoms with Crippen molar-refractivity contribution in [1.82, 2.24) is 10.2 Å². The fraction of sp³-hybridized carbons (Fsp3) is 0.231. The molecule has 0 saturated heterocycles. The van der Waals surface area contributed by atoms with Crippen LogP contribution in [0.3, 0.4) is 0 Å². The van der Waals surface area contributed by atoms with Crippen LogP contribution in [0.5, 0.6) is 0 Å². The molecular weight excluding hydrogens is 216 g/mol. The molecule has 1 N–H and O–H groups in total. The average molecular weight is 230 g/mol. The van der Waals surface area contributed by atoms with Crippen molar-refractivity contribution in [2.24, 2.45) is 0 Å². The number of carbonyl (C=O) groups excluding carboxylic acids is 1. The van der Waals surface area contributed by atoms with Gasteiger partial charge in [-0.05, 0) is 18.6 Å². The predicted molar refractivity (Wildman–Crippen MR) is 66.4 cm³/mol. The summed E-state index contributed by atoms with van der Waals surface area (Å²) in [6.45, 7) is 2.22. The lowest BCUT2D eigenvalue weighted by atomic mass is 10.1. The highest BCUT2D eigenvalue weighted by molar-refractivity contribution is 5.81. The van der Waals surface area contributed by atoms with Crippen LogP contribution in [-0.4, -0.2) is 22.8 Å². The van der Waals surface area contributed by atoms with E-state index in [0.29, 0.717) is 13.0 Å². The van der Waals surface area contributed by atoms with Crippen LogP contribution in [-0.2, 0) is 9.53 Å². The van der Waals surface area contributed by atoms with Crippen LogP contribution < -0.4 is 0 Å². The van der Waals surface area contributed by atoms with Crippen molar-refractivity contribution < 1.29 is 9.53 Å². The van der Waals surface area contributed by atoms with Crippen molar-refractivity contribution in [3.8, 4) is 0 Å². The quantitative estimate of drug-likeness (QED) is 0.821. The molecule has 0 bridgehead atoms. The molecule has 17 heavy (non-hydrogen) atoms. The fourth-order valence-electron chi connectivity index (χ4n) is 1.57. The molecule has 0 atom stereocenters. The number of ether oxygens (including phenoxy) is 1. The molecule has 1 heterocycles. The molecule has 0 fully saturated rings. The normalized spacial score (nSPS) is 11.1. The minimum atomic E-state index is -0.202. The Kier molecular flexibility index (Phi) is 3.55.